The van der Waals surface area contributed by atoms with Gasteiger partial charge in [0.15, 0.2) is 0 Å². The van der Waals surface area contributed by atoms with Crippen LogP contribution in [0.1, 0.15) is 18.5 Å². The number of aliphatic hydroxyl groups excluding tert-OH is 1. The molecule has 86 valence electrons. The van der Waals surface area contributed by atoms with Crippen molar-refractivity contribution in [3.63, 3.8) is 0 Å². The van der Waals surface area contributed by atoms with Gasteiger partial charge in [-0.05, 0) is 19.1 Å². The van der Waals surface area contributed by atoms with E-state index in [1.165, 1.54) is 26.2 Å². The van der Waals surface area contributed by atoms with Crippen LogP contribution in [-0.4, -0.2) is 18.3 Å². The average Bonchev–Trinajstić information content (AvgIpc) is 2.16. The van der Waals surface area contributed by atoms with Crippen molar-refractivity contribution < 1.29 is 14.2 Å². The molecule has 1 rings (SSSR count). The summed E-state index contributed by atoms with van der Waals surface area (Å²) in [5.41, 5.74) is 5.86. The largest absolute Gasteiger partial charge is 0.496 e. The van der Waals surface area contributed by atoms with Gasteiger partial charge in [-0.3, -0.25) is 0 Å². The molecule has 0 heterocycles. The Balaban J connectivity index is 0.00000196. The van der Waals surface area contributed by atoms with Crippen LogP contribution in [-0.2, 0) is 0 Å². The van der Waals surface area contributed by atoms with Gasteiger partial charge >= 0.3 is 0 Å². The second kappa shape index (κ2) is 5.90. The zero-order chi connectivity index (χ0) is 10.7. The molecule has 0 aromatic heterocycles. The first kappa shape index (κ1) is 14.2. The van der Waals surface area contributed by atoms with Gasteiger partial charge in [-0.1, -0.05) is 6.07 Å². The van der Waals surface area contributed by atoms with E-state index in [9.17, 15) is 9.50 Å². The Morgan fingerprint density at radius 1 is 1.47 bits per heavy atom. The SMILES string of the molecule is COc1cccc(F)c1[C@@H](N)[C@H](C)O.Cl. The van der Waals surface area contributed by atoms with Gasteiger partial charge in [0, 0.05) is 5.56 Å². The van der Waals surface area contributed by atoms with Crippen molar-refractivity contribution >= 4 is 12.4 Å². The normalized spacial score (nSPS) is 13.9. The van der Waals surface area contributed by atoms with Gasteiger partial charge in [0.1, 0.15) is 11.6 Å². The third kappa shape index (κ3) is 3.06. The van der Waals surface area contributed by atoms with E-state index >= 15 is 0 Å². The maximum Gasteiger partial charge on any atom is 0.131 e. The van der Waals surface area contributed by atoms with Crippen LogP contribution >= 0.6 is 12.4 Å². The van der Waals surface area contributed by atoms with Gasteiger partial charge in [-0.25, -0.2) is 4.39 Å². The first-order valence-corrected chi connectivity index (χ1v) is 4.34. The molecular weight excluding hydrogens is 221 g/mol. The molecule has 3 nitrogen and oxygen atoms in total. The van der Waals surface area contributed by atoms with Crippen LogP contribution in [0.4, 0.5) is 4.39 Å². The van der Waals surface area contributed by atoms with Gasteiger partial charge < -0.3 is 15.6 Å². The Morgan fingerprint density at radius 2 is 2.07 bits per heavy atom. The van der Waals surface area contributed by atoms with Crippen molar-refractivity contribution in [1.82, 2.24) is 0 Å². The average molecular weight is 236 g/mol. The van der Waals surface area contributed by atoms with E-state index < -0.39 is 18.0 Å². The number of hydrogen-bond donors (Lipinski definition) is 2. The van der Waals surface area contributed by atoms with Crippen molar-refractivity contribution in [3.05, 3.63) is 29.6 Å². The standard InChI is InChI=1S/C10H14FNO2.ClH/c1-6(13)10(12)9-7(11)4-3-5-8(9)14-2;/h3-6,10,13H,12H2,1-2H3;1H/t6-,10-;/m0./s1. The topological polar surface area (TPSA) is 55.5 Å². The molecule has 0 spiro atoms. The number of halogens is 2. The Morgan fingerprint density at radius 3 is 2.53 bits per heavy atom. The summed E-state index contributed by atoms with van der Waals surface area (Å²) < 4.78 is 18.3. The fourth-order valence-electron chi connectivity index (χ4n) is 1.26. The molecule has 0 fully saturated rings. The fourth-order valence-corrected chi connectivity index (χ4v) is 1.26. The van der Waals surface area contributed by atoms with Crippen molar-refractivity contribution in [3.8, 4) is 5.75 Å². The second-order valence-electron chi connectivity index (χ2n) is 3.12. The van der Waals surface area contributed by atoms with E-state index in [1.807, 2.05) is 0 Å². The number of benzene rings is 1. The monoisotopic (exact) mass is 235 g/mol. The minimum absolute atomic E-state index is 0. The van der Waals surface area contributed by atoms with Crippen LogP contribution in [0.15, 0.2) is 18.2 Å². The number of nitrogens with two attached hydrogens (primary N) is 1. The number of methoxy groups -OCH3 is 1. The number of aliphatic hydroxyl groups is 1. The van der Waals surface area contributed by atoms with E-state index in [0.29, 0.717) is 5.75 Å². The van der Waals surface area contributed by atoms with Gasteiger partial charge in [0.2, 0.25) is 0 Å². The molecule has 0 saturated heterocycles. The zero-order valence-corrected chi connectivity index (χ0v) is 9.42. The van der Waals surface area contributed by atoms with Crippen LogP contribution in [0, 0.1) is 5.82 Å². The van der Waals surface area contributed by atoms with Gasteiger partial charge in [0.25, 0.3) is 0 Å². The summed E-state index contributed by atoms with van der Waals surface area (Å²) in [5, 5.41) is 9.27. The Hall–Kier alpha value is -0.840. The first-order chi connectivity index (χ1) is 6.57. The third-order valence-electron chi connectivity index (χ3n) is 2.09. The van der Waals surface area contributed by atoms with E-state index in [0.717, 1.165) is 0 Å². The maximum atomic E-state index is 13.4. The summed E-state index contributed by atoms with van der Waals surface area (Å²) in [4.78, 5) is 0. The lowest BCUT2D eigenvalue weighted by atomic mass is 10.0. The molecule has 0 amide bonds. The second-order valence-corrected chi connectivity index (χ2v) is 3.12. The molecule has 1 aromatic carbocycles. The highest BCUT2D eigenvalue weighted by molar-refractivity contribution is 5.85. The zero-order valence-electron chi connectivity index (χ0n) is 8.61. The van der Waals surface area contributed by atoms with Crippen LogP contribution < -0.4 is 10.5 Å². The molecule has 15 heavy (non-hydrogen) atoms. The predicted octanol–water partition coefficient (Wildman–Crippen LogP) is 1.64. The highest BCUT2D eigenvalue weighted by atomic mass is 35.5. The number of rotatable bonds is 3. The van der Waals surface area contributed by atoms with Crippen molar-refractivity contribution in [2.75, 3.05) is 7.11 Å². The van der Waals surface area contributed by atoms with E-state index in [4.69, 9.17) is 10.5 Å². The molecule has 1 aromatic rings. The quantitative estimate of drug-likeness (QED) is 0.838. The van der Waals surface area contributed by atoms with Crippen LogP contribution in [0.3, 0.4) is 0 Å². The van der Waals surface area contributed by atoms with E-state index in [-0.39, 0.29) is 18.0 Å². The van der Waals surface area contributed by atoms with Crippen molar-refractivity contribution in [1.29, 1.82) is 0 Å². The summed E-state index contributed by atoms with van der Waals surface area (Å²) in [6, 6.07) is 3.67. The lowest BCUT2D eigenvalue weighted by Crippen LogP contribution is -2.24. The van der Waals surface area contributed by atoms with Gasteiger partial charge in [0.05, 0.1) is 19.3 Å². The van der Waals surface area contributed by atoms with Gasteiger partial charge in [-0.15, -0.1) is 12.4 Å². The Bertz CT molecular complexity index is 320. The van der Waals surface area contributed by atoms with Crippen LogP contribution in [0.25, 0.3) is 0 Å². The van der Waals surface area contributed by atoms with Crippen molar-refractivity contribution in [2.24, 2.45) is 5.73 Å². The molecule has 0 saturated carbocycles. The molecule has 2 atom stereocenters. The van der Waals surface area contributed by atoms with Crippen LogP contribution in [0.2, 0.25) is 0 Å². The highest BCUT2D eigenvalue weighted by Gasteiger charge is 2.20. The Labute approximate surface area is 94.5 Å². The minimum atomic E-state index is -0.819. The highest BCUT2D eigenvalue weighted by Crippen LogP contribution is 2.28. The summed E-state index contributed by atoms with van der Waals surface area (Å²) in [7, 11) is 1.44. The molecule has 0 unspecified atom stereocenters. The summed E-state index contributed by atoms with van der Waals surface area (Å²) in [6.45, 7) is 1.51. The van der Waals surface area contributed by atoms with E-state index in [2.05, 4.69) is 0 Å². The molecule has 5 heteroatoms. The summed E-state index contributed by atoms with van der Waals surface area (Å²) in [5.74, 6) is -0.101. The lowest BCUT2D eigenvalue weighted by molar-refractivity contribution is 0.160. The Kier molecular flexibility index (Phi) is 5.57. The molecule has 3 N–H and O–H groups in total. The molecule has 0 bridgehead atoms. The lowest BCUT2D eigenvalue weighted by Gasteiger charge is -2.18. The summed E-state index contributed by atoms with van der Waals surface area (Å²) in [6.07, 6.45) is -0.819. The molecule has 0 aliphatic heterocycles. The summed E-state index contributed by atoms with van der Waals surface area (Å²) >= 11 is 0. The molecule has 0 radical (unpaired) electrons. The van der Waals surface area contributed by atoms with E-state index in [1.54, 1.807) is 6.07 Å². The molecule has 0 aliphatic carbocycles. The smallest absolute Gasteiger partial charge is 0.131 e. The number of ether oxygens (including phenoxy) is 1. The third-order valence-corrected chi connectivity index (χ3v) is 2.09. The molecular formula is C10H15ClFNO2. The predicted molar refractivity (Wildman–Crippen MR) is 58.8 cm³/mol. The minimum Gasteiger partial charge on any atom is -0.496 e. The first-order valence-electron chi connectivity index (χ1n) is 4.34. The van der Waals surface area contributed by atoms with Crippen molar-refractivity contribution in [2.45, 2.75) is 19.1 Å². The van der Waals surface area contributed by atoms with Gasteiger partial charge in [-0.2, -0.15) is 0 Å². The number of hydrogen-bond acceptors (Lipinski definition) is 3. The maximum absolute atomic E-state index is 13.4. The molecule has 0 aliphatic rings. The van der Waals surface area contributed by atoms with Crippen LogP contribution in [0.5, 0.6) is 5.75 Å². The fraction of sp³-hybridized carbons (Fsp3) is 0.400.